The number of hydrogen-bond donors (Lipinski definition) is 3. The van der Waals surface area contributed by atoms with Gasteiger partial charge in [0.2, 0.25) is 5.91 Å². The number of amidine groups is 1. The maximum atomic E-state index is 12.4. The molecular formula is C13H25N3O3. The highest BCUT2D eigenvalue weighted by atomic mass is 16.5. The van der Waals surface area contributed by atoms with Crippen molar-refractivity contribution >= 4 is 11.7 Å². The highest BCUT2D eigenvalue weighted by Crippen LogP contribution is 2.26. The number of oxime groups is 1. The molecule has 1 aliphatic rings. The molecule has 0 aliphatic carbocycles. The van der Waals surface area contributed by atoms with E-state index in [-0.39, 0.29) is 23.4 Å². The number of carbonyl (C=O) groups is 1. The number of hydrogen-bond acceptors (Lipinski definition) is 4. The Morgan fingerprint density at radius 1 is 1.63 bits per heavy atom. The maximum absolute atomic E-state index is 12.4. The van der Waals surface area contributed by atoms with E-state index in [1.54, 1.807) is 6.92 Å². The van der Waals surface area contributed by atoms with Gasteiger partial charge in [-0.3, -0.25) is 4.79 Å². The summed E-state index contributed by atoms with van der Waals surface area (Å²) in [5.74, 6) is -0.258. The average Bonchev–Trinajstić information content (AvgIpc) is 2.35. The third-order valence-electron chi connectivity index (χ3n) is 3.91. The smallest absolute Gasteiger partial charge is 0.233 e. The Labute approximate surface area is 114 Å². The summed E-state index contributed by atoms with van der Waals surface area (Å²) in [5.41, 5.74) is 4.43. The summed E-state index contributed by atoms with van der Waals surface area (Å²) in [7, 11) is 0. The minimum atomic E-state index is -0.975. The molecule has 4 N–H and O–H groups in total. The van der Waals surface area contributed by atoms with Crippen LogP contribution < -0.4 is 11.1 Å². The fourth-order valence-corrected chi connectivity index (χ4v) is 2.27. The van der Waals surface area contributed by atoms with Crippen LogP contribution in [-0.2, 0) is 9.53 Å². The monoisotopic (exact) mass is 271 g/mol. The molecular weight excluding hydrogens is 246 g/mol. The second-order valence-corrected chi connectivity index (χ2v) is 5.94. The molecule has 1 rings (SSSR count). The van der Waals surface area contributed by atoms with Crippen LogP contribution in [0.2, 0.25) is 0 Å². The number of ether oxygens (including phenoxy) is 1. The first-order valence-electron chi connectivity index (χ1n) is 6.68. The lowest BCUT2D eigenvalue weighted by molar-refractivity contribution is -0.130. The summed E-state index contributed by atoms with van der Waals surface area (Å²) in [6, 6.07) is 0.0635. The van der Waals surface area contributed by atoms with Gasteiger partial charge in [-0.05, 0) is 40.0 Å². The van der Waals surface area contributed by atoms with Crippen molar-refractivity contribution in [3.8, 4) is 0 Å². The van der Waals surface area contributed by atoms with E-state index in [4.69, 9.17) is 15.7 Å². The van der Waals surface area contributed by atoms with Crippen LogP contribution in [0.15, 0.2) is 5.16 Å². The van der Waals surface area contributed by atoms with Crippen LogP contribution in [0.4, 0.5) is 0 Å². The van der Waals surface area contributed by atoms with Crippen LogP contribution in [-0.4, -0.2) is 35.2 Å². The molecule has 2 atom stereocenters. The molecule has 1 saturated heterocycles. The zero-order chi connectivity index (χ0) is 14.7. The molecule has 0 bridgehead atoms. The lowest BCUT2D eigenvalue weighted by Crippen LogP contribution is -2.53. The third kappa shape index (κ3) is 3.59. The van der Waals surface area contributed by atoms with E-state index in [9.17, 15) is 4.79 Å². The van der Waals surface area contributed by atoms with Gasteiger partial charge >= 0.3 is 0 Å². The number of rotatable bonds is 4. The molecule has 1 amide bonds. The lowest BCUT2D eigenvalue weighted by atomic mass is 9.84. The molecule has 0 aromatic heterocycles. The third-order valence-corrected chi connectivity index (χ3v) is 3.91. The number of nitrogens with zero attached hydrogens (tertiary/aromatic N) is 1. The highest BCUT2D eigenvalue weighted by molar-refractivity contribution is 6.06. The van der Waals surface area contributed by atoms with Gasteiger partial charge in [-0.25, -0.2) is 0 Å². The quantitative estimate of drug-likeness (QED) is 0.310. The molecule has 0 spiro atoms. The summed E-state index contributed by atoms with van der Waals surface area (Å²) >= 11 is 0. The van der Waals surface area contributed by atoms with Gasteiger partial charge in [-0.15, -0.1) is 0 Å². The van der Waals surface area contributed by atoms with Crippen molar-refractivity contribution in [2.45, 2.75) is 58.6 Å². The first kappa shape index (κ1) is 15.8. The van der Waals surface area contributed by atoms with Crippen molar-refractivity contribution in [1.29, 1.82) is 0 Å². The average molecular weight is 271 g/mol. The van der Waals surface area contributed by atoms with Crippen molar-refractivity contribution in [3.05, 3.63) is 0 Å². The van der Waals surface area contributed by atoms with Gasteiger partial charge in [0.05, 0.1) is 5.60 Å². The zero-order valence-corrected chi connectivity index (χ0v) is 12.2. The molecule has 19 heavy (non-hydrogen) atoms. The summed E-state index contributed by atoms with van der Waals surface area (Å²) in [6.07, 6.45) is 2.02. The Bertz CT molecular complexity index is 368. The number of amides is 1. The molecule has 2 unspecified atom stereocenters. The highest BCUT2D eigenvalue weighted by Gasteiger charge is 2.39. The first-order valence-corrected chi connectivity index (χ1v) is 6.68. The Hall–Kier alpha value is -1.30. The van der Waals surface area contributed by atoms with Crippen LogP contribution >= 0.6 is 0 Å². The Kier molecular flexibility index (Phi) is 4.79. The van der Waals surface area contributed by atoms with Gasteiger partial charge in [0.15, 0.2) is 5.84 Å². The van der Waals surface area contributed by atoms with Gasteiger partial charge in [-0.1, -0.05) is 12.1 Å². The minimum absolute atomic E-state index is 0.0566. The SMILES string of the molecule is CCC(C)(C(=O)NC1CCOC(C)(C)C1)C(N)=NO. The molecule has 0 aromatic carbocycles. The van der Waals surface area contributed by atoms with E-state index in [0.29, 0.717) is 13.0 Å². The Balaban J connectivity index is 2.73. The van der Waals surface area contributed by atoms with Crippen molar-refractivity contribution in [3.63, 3.8) is 0 Å². The molecule has 110 valence electrons. The van der Waals surface area contributed by atoms with E-state index in [1.165, 1.54) is 0 Å². The van der Waals surface area contributed by atoms with Gasteiger partial charge in [0.25, 0.3) is 0 Å². The van der Waals surface area contributed by atoms with E-state index in [1.807, 2.05) is 20.8 Å². The molecule has 1 heterocycles. The number of nitrogens with one attached hydrogen (secondary N) is 1. The predicted octanol–water partition coefficient (Wildman–Crippen LogP) is 1.22. The van der Waals surface area contributed by atoms with Crippen molar-refractivity contribution in [1.82, 2.24) is 5.32 Å². The summed E-state index contributed by atoms with van der Waals surface area (Å²) in [6.45, 7) is 8.17. The number of carbonyl (C=O) groups excluding carboxylic acids is 1. The fraction of sp³-hybridized carbons (Fsp3) is 0.846. The van der Waals surface area contributed by atoms with E-state index < -0.39 is 5.41 Å². The van der Waals surface area contributed by atoms with Crippen molar-refractivity contribution in [2.75, 3.05) is 6.61 Å². The summed E-state index contributed by atoms with van der Waals surface area (Å²) < 4.78 is 5.62. The van der Waals surface area contributed by atoms with E-state index >= 15 is 0 Å². The fourth-order valence-electron chi connectivity index (χ4n) is 2.27. The summed E-state index contributed by atoms with van der Waals surface area (Å²) in [5, 5.41) is 14.8. The summed E-state index contributed by atoms with van der Waals surface area (Å²) in [4.78, 5) is 12.4. The molecule has 6 heteroatoms. The maximum Gasteiger partial charge on any atom is 0.233 e. The lowest BCUT2D eigenvalue weighted by Gasteiger charge is -2.37. The first-order chi connectivity index (χ1) is 8.75. The van der Waals surface area contributed by atoms with E-state index in [0.717, 1.165) is 12.8 Å². The number of nitrogens with two attached hydrogens (primary N) is 1. The molecule has 0 radical (unpaired) electrons. The van der Waals surface area contributed by atoms with Crippen LogP contribution in [0.25, 0.3) is 0 Å². The van der Waals surface area contributed by atoms with Crippen molar-refractivity contribution < 1.29 is 14.7 Å². The van der Waals surface area contributed by atoms with Crippen molar-refractivity contribution in [2.24, 2.45) is 16.3 Å². The van der Waals surface area contributed by atoms with Gasteiger partial charge in [0.1, 0.15) is 5.41 Å². The standard InChI is InChI=1S/C13H25N3O3/c1-5-13(4,10(14)16-18)11(17)15-9-6-7-19-12(2,3)8-9/h9,18H,5-8H2,1-4H3,(H2,14,16)(H,15,17). The molecule has 1 fully saturated rings. The largest absolute Gasteiger partial charge is 0.409 e. The van der Waals surface area contributed by atoms with Gasteiger partial charge in [-0.2, -0.15) is 0 Å². The molecule has 0 saturated carbocycles. The van der Waals surface area contributed by atoms with Crippen LogP contribution in [0.5, 0.6) is 0 Å². The molecule has 6 nitrogen and oxygen atoms in total. The normalized spacial score (nSPS) is 26.5. The van der Waals surface area contributed by atoms with Gasteiger partial charge in [0, 0.05) is 12.6 Å². The second-order valence-electron chi connectivity index (χ2n) is 5.94. The minimum Gasteiger partial charge on any atom is -0.409 e. The van der Waals surface area contributed by atoms with E-state index in [2.05, 4.69) is 10.5 Å². The predicted molar refractivity (Wildman–Crippen MR) is 73.0 cm³/mol. The topological polar surface area (TPSA) is 96.9 Å². The molecule has 1 aliphatic heterocycles. The van der Waals surface area contributed by atoms with Crippen LogP contribution in [0, 0.1) is 5.41 Å². The van der Waals surface area contributed by atoms with Gasteiger partial charge < -0.3 is 21.0 Å². The molecule has 0 aromatic rings. The Morgan fingerprint density at radius 3 is 2.74 bits per heavy atom. The Morgan fingerprint density at radius 2 is 2.26 bits per heavy atom. The van der Waals surface area contributed by atoms with Crippen LogP contribution in [0.1, 0.15) is 47.0 Å². The second kappa shape index (κ2) is 5.77. The zero-order valence-electron chi connectivity index (χ0n) is 12.2. The van der Waals surface area contributed by atoms with Crippen LogP contribution in [0.3, 0.4) is 0 Å².